The number of likely N-dealkylation sites (N-methyl/N-ethyl adjacent to an activating group) is 1. The van der Waals surface area contributed by atoms with Crippen molar-refractivity contribution >= 4 is 0 Å². The Bertz CT molecular complexity index is 428. The third-order valence-electron chi connectivity index (χ3n) is 4.38. The van der Waals surface area contributed by atoms with E-state index in [-0.39, 0.29) is 5.54 Å². The third kappa shape index (κ3) is 3.12. The maximum absolute atomic E-state index is 13.2. The molecule has 1 aliphatic carbocycles. The van der Waals surface area contributed by atoms with E-state index in [1.807, 2.05) is 7.05 Å². The Labute approximate surface area is 113 Å². The zero-order valence-electron chi connectivity index (χ0n) is 11.5. The Hall–Kier alpha value is -1.00. The molecule has 106 valence electrons. The molecule has 0 bridgehead atoms. The lowest BCUT2D eigenvalue weighted by Gasteiger charge is -2.44. The highest BCUT2D eigenvalue weighted by molar-refractivity contribution is 5.18. The van der Waals surface area contributed by atoms with Crippen LogP contribution in [0.25, 0.3) is 0 Å². The van der Waals surface area contributed by atoms with Crippen LogP contribution in [0.15, 0.2) is 18.2 Å². The number of hydrogen-bond donors (Lipinski definition) is 1. The third-order valence-corrected chi connectivity index (χ3v) is 4.38. The fourth-order valence-electron chi connectivity index (χ4n) is 3.03. The van der Waals surface area contributed by atoms with Gasteiger partial charge in [0.15, 0.2) is 11.6 Å². The first-order chi connectivity index (χ1) is 9.07. The lowest BCUT2D eigenvalue weighted by atomic mass is 9.80. The van der Waals surface area contributed by atoms with Crippen LogP contribution >= 0.6 is 0 Å². The molecule has 1 aliphatic rings. The predicted octanol–water partition coefficient (Wildman–Crippen LogP) is 3.06. The summed E-state index contributed by atoms with van der Waals surface area (Å²) in [6.45, 7) is 1.22. The van der Waals surface area contributed by atoms with Crippen molar-refractivity contribution in [3.05, 3.63) is 35.4 Å². The molecular weight excluding hydrogens is 246 g/mol. The van der Waals surface area contributed by atoms with Crippen LogP contribution in [-0.2, 0) is 6.54 Å². The van der Waals surface area contributed by atoms with Crippen LogP contribution in [0.5, 0.6) is 0 Å². The number of benzene rings is 1. The van der Waals surface area contributed by atoms with Crippen molar-refractivity contribution in [2.45, 2.75) is 44.2 Å². The van der Waals surface area contributed by atoms with E-state index in [2.05, 4.69) is 4.90 Å². The molecule has 19 heavy (non-hydrogen) atoms. The first-order valence-electron chi connectivity index (χ1n) is 6.93. The van der Waals surface area contributed by atoms with Gasteiger partial charge in [0.05, 0.1) is 0 Å². The molecule has 2 nitrogen and oxygen atoms in total. The molecule has 0 aromatic heterocycles. The monoisotopic (exact) mass is 268 g/mol. The molecule has 0 saturated heterocycles. The fraction of sp³-hybridized carbons (Fsp3) is 0.600. The summed E-state index contributed by atoms with van der Waals surface area (Å²) >= 11 is 0. The van der Waals surface area contributed by atoms with E-state index in [0.29, 0.717) is 13.1 Å². The number of halogens is 2. The summed E-state index contributed by atoms with van der Waals surface area (Å²) in [6, 6.07) is 4.11. The maximum atomic E-state index is 13.2. The molecule has 1 saturated carbocycles. The van der Waals surface area contributed by atoms with Crippen molar-refractivity contribution in [1.82, 2.24) is 4.90 Å². The summed E-state index contributed by atoms with van der Waals surface area (Å²) in [5, 5.41) is 0. The van der Waals surface area contributed by atoms with Crippen LogP contribution < -0.4 is 5.73 Å². The van der Waals surface area contributed by atoms with E-state index in [1.165, 1.54) is 31.4 Å². The minimum absolute atomic E-state index is 0.0170. The van der Waals surface area contributed by atoms with Gasteiger partial charge in [-0.2, -0.15) is 0 Å². The van der Waals surface area contributed by atoms with Crippen molar-refractivity contribution < 1.29 is 8.78 Å². The molecule has 2 N–H and O–H groups in total. The quantitative estimate of drug-likeness (QED) is 0.909. The van der Waals surface area contributed by atoms with Gasteiger partial charge in [-0.15, -0.1) is 0 Å². The smallest absolute Gasteiger partial charge is 0.159 e. The van der Waals surface area contributed by atoms with E-state index < -0.39 is 11.6 Å². The van der Waals surface area contributed by atoms with Gasteiger partial charge in [-0.3, -0.25) is 4.90 Å². The largest absolute Gasteiger partial charge is 0.329 e. The van der Waals surface area contributed by atoms with E-state index in [4.69, 9.17) is 5.73 Å². The van der Waals surface area contributed by atoms with Crippen LogP contribution in [0.1, 0.15) is 37.7 Å². The second-order valence-electron chi connectivity index (χ2n) is 5.59. The van der Waals surface area contributed by atoms with Crippen molar-refractivity contribution in [1.29, 1.82) is 0 Å². The van der Waals surface area contributed by atoms with Gasteiger partial charge in [-0.1, -0.05) is 25.3 Å². The fourth-order valence-corrected chi connectivity index (χ4v) is 3.03. The Balaban J connectivity index is 2.10. The van der Waals surface area contributed by atoms with Gasteiger partial charge in [0.2, 0.25) is 0 Å². The molecular formula is C15H22F2N2. The molecule has 0 amide bonds. The Morgan fingerprint density at radius 1 is 1.16 bits per heavy atom. The summed E-state index contributed by atoms with van der Waals surface area (Å²) in [4.78, 5) is 2.21. The summed E-state index contributed by atoms with van der Waals surface area (Å²) in [7, 11) is 2.03. The first-order valence-corrected chi connectivity index (χ1v) is 6.93. The molecule has 0 unspecified atom stereocenters. The standard InChI is InChI=1S/C15H22F2N2/c1-19(15(11-18)7-3-2-4-8-15)10-12-5-6-13(16)14(17)9-12/h5-6,9H,2-4,7-8,10-11,18H2,1H3. The molecule has 1 aromatic carbocycles. The summed E-state index contributed by atoms with van der Waals surface area (Å²) < 4.78 is 26.2. The highest BCUT2D eigenvalue weighted by atomic mass is 19.2. The average Bonchev–Trinajstić information content (AvgIpc) is 2.43. The van der Waals surface area contributed by atoms with Gasteiger partial charge in [0, 0.05) is 18.6 Å². The first kappa shape index (κ1) is 14.4. The molecule has 2 rings (SSSR count). The zero-order valence-corrected chi connectivity index (χ0v) is 11.5. The lowest BCUT2D eigenvalue weighted by molar-refractivity contribution is 0.0757. The van der Waals surface area contributed by atoms with Gasteiger partial charge >= 0.3 is 0 Å². The van der Waals surface area contributed by atoms with E-state index >= 15 is 0 Å². The molecule has 0 spiro atoms. The lowest BCUT2D eigenvalue weighted by Crippen LogP contribution is -2.52. The van der Waals surface area contributed by atoms with Crippen molar-refractivity contribution in [2.75, 3.05) is 13.6 Å². The second kappa shape index (κ2) is 5.97. The summed E-state index contributed by atoms with van der Waals surface area (Å²) in [6.07, 6.45) is 5.83. The molecule has 0 radical (unpaired) electrons. The van der Waals surface area contributed by atoms with E-state index in [1.54, 1.807) is 6.07 Å². The van der Waals surface area contributed by atoms with Gasteiger partial charge in [0.1, 0.15) is 0 Å². The van der Waals surface area contributed by atoms with Gasteiger partial charge < -0.3 is 5.73 Å². The minimum Gasteiger partial charge on any atom is -0.329 e. The molecule has 0 heterocycles. The van der Waals surface area contributed by atoms with Crippen LogP contribution in [0.2, 0.25) is 0 Å². The molecule has 4 heteroatoms. The highest BCUT2D eigenvalue weighted by Crippen LogP contribution is 2.33. The van der Waals surface area contributed by atoms with Crippen LogP contribution in [0.3, 0.4) is 0 Å². The topological polar surface area (TPSA) is 29.3 Å². The number of rotatable bonds is 4. The molecule has 0 atom stereocenters. The van der Waals surface area contributed by atoms with Crippen LogP contribution in [-0.4, -0.2) is 24.0 Å². The van der Waals surface area contributed by atoms with E-state index in [0.717, 1.165) is 18.4 Å². The van der Waals surface area contributed by atoms with Crippen LogP contribution in [0, 0.1) is 11.6 Å². The van der Waals surface area contributed by atoms with Gasteiger partial charge in [0.25, 0.3) is 0 Å². The molecule has 1 aromatic rings. The predicted molar refractivity (Wildman–Crippen MR) is 72.7 cm³/mol. The maximum Gasteiger partial charge on any atom is 0.159 e. The number of nitrogens with zero attached hydrogens (tertiary/aromatic N) is 1. The van der Waals surface area contributed by atoms with Gasteiger partial charge in [-0.25, -0.2) is 8.78 Å². The molecule has 0 aliphatic heterocycles. The van der Waals surface area contributed by atoms with Crippen molar-refractivity contribution in [2.24, 2.45) is 5.73 Å². The Kier molecular flexibility index (Phi) is 4.53. The molecule has 1 fully saturated rings. The van der Waals surface area contributed by atoms with Crippen LogP contribution in [0.4, 0.5) is 8.78 Å². The second-order valence-corrected chi connectivity index (χ2v) is 5.59. The summed E-state index contributed by atoms with van der Waals surface area (Å²) in [5.74, 6) is -1.58. The Morgan fingerprint density at radius 2 is 1.84 bits per heavy atom. The van der Waals surface area contributed by atoms with Crippen molar-refractivity contribution in [3.63, 3.8) is 0 Å². The van der Waals surface area contributed by atoms with Crippen molar-refractivity contribution in [3.8, 4) is 0 Å². The Morgan fingerprint density at radius 3 is 2.42 bits per heavy atom. The van der Waals surface area contributed by atoms with E-state index in [9.17, 15) is 8.78 Å². The zero-order chi connectivity index (χ0) is 13.9. The number of nitrogens with two attached hydrogens (primary N) is 1. The SMILES string of the molecule is CN(Cc1ccc(F)c(F)c1)C1(CN)CCCCC1. The average molecular weight is 268 g/mol. The summed E-state index contributed by atoms with van der Waals surface area (Å²) in [5.41, 5.74) is 6.78. The van der Waals surface area contributed by atoms with Gasteiger partial charge in [-0.05, 0) is 37.6 Å². The minimum atomic E-state index is -0.794. The number of hydrogen-bond acceptors (Lipinski definition) is 2. The normalized spacial score (nSPS) is 18.8. The highest BCUT2D eigenvalue weighted by Gasteiger charge is 2.34.